The minimum atomic E-state index is -0.0456. The van der Waals surface area contributed by atoms with E-state index in [2.05, 4.69) is 15.0 Å². The van der Waals surface area contributed by atoms with Crippen LogP contribution >= 0.6 is 0 Å². The molecule has 0 spiro atoms. The Morgan fingerprint density at radius 2 is 2.00 bits per heavy atom. The number of fused-ring (bicyclic) bond motifs is 1. The number of benzene rings is 1. The Balaban J connectivity index is 1.40. The number of carbonyl (C=O) groups excluding carboxylic acids is 1. The lowest BCUT2D eigenvalue weighted by Gasteiger charge is -2.23. The maximum absolute atomic E-state index is 13.7. The predicted molar refractivity (Wildman–Crippen MR) is 131 cm³/mol. The summed E-state index contributed by atoms with van der Waals surface area (Å²) in [4.78, 5) is 27.8. The lowest BCUT2D eigenvalue weighted by Crippen LogP contribution is -2.35. The van der Waals surface area contributed by atoms with Gasteiger partial charge in [-0.25, -0.2) is 4.98 Å². The summed E-state index contributed by atoms with van der Waals surface area (Å²) < 4.78 is 10.6. The molecule has 1 aromatic carbocycles. The Hall–Kier alpha value is -3.87. The third-order valence-corrected chi connectivity index (χ3v) is 6.36. The summed E-state index contributed by atoms with van der Waals surface area (Å²) in [6, 6.07) is 13.5. The van der Waals surface area contributed by atoms with Crippen LogP contribution in [0.2, 0.25) is 0 Å². The number of ether oxygens (including phenoxy) is 2. The third kappa shape index (κ3) is 4.59. The van der Waals surface area contributed by atoms with Gasteiger partial charge in [0.2, 0.25) is 5.88 Å². The van der Waals surface area contributed by atoms with Gasteiger partial charge in [-0.05, 0) is 61.1 Å². The molecule has 174 valence electrons. The number of nitrogens with one attached hydrogen (secondary N) is 1. The van der Waals surface area contributed by atoms with Crippen LogP contribution in [0.25, 0.3) is 22.0 Å². The number of methoxy groups -OCH3 is 2. The molecule has 0 aliphatic heterocycles. The first-order chi connectivity index (χ1) is 16.7. The van der Waals surface area contributed by atoms with Crippen LogP contribution in [0.5, 0.6) is 11.6 Å². The standard InChI is InChI=1S/C27H28N4O3/c1-33-21-8-9-24-23(14-21)20(15-29-24)11-13-31(17-18-5-6-18)27(32)26-22(4-3-12-28-26)19-7-10-25(34-2)30-16-19/h3-4,7-10,12,14-16,18,29H,5-6,11,13,17H2,1-2H3. The largest absolute Gasteiger partial charge is 0.497 e. The Morgan fingerprint density at radius 3 is 2.74 bits per heavy atom. The van der Waals surface area contributed by atoms with Crippen molar-refractivity contribution in [3.05, 3.63) is 72.3 Å². The van der Waals surface area contributed by atoms with Crippen LogP contribution in [0.4, 0.5) is 0 Å². The number of H-pyrrole nitrogens is 1. The van der Waals surface area contributed by atoms with Crippen molar-refractivity contribution in [2.75, 3.05) is 27.3 Å². The average Bonchev–Trinajstić information content (AvgIpc) is 3.63. The molecule has 3 heterocycles. The fourth-order valence-corrected chi connectivity index (χ4v) is 4.25. The summed E-state index contributed by atoms with van der Waals surface area (Å²) in [7, 11) is 3.26. The number of aromatic amines is 1. The second-order valence-corrected chi connectivity index (χ2v) is 8.66. The van der Waals surface area contributed by atoms with Crippen LogP contribution in [-0.4, -0.2) is 53.1 Å². The molecule has 5 rings (SSSR count). The van der Waals surface area contributed by atoms with Crippen molar-refractivity contribution in [2.24, 2.45) is 5.92 Å². The summed E-state index contributed by atoms with van der Waals surface area (Å²) in [6.07, 6.45) is 8.51. The fraction of sp³-hybridized carbons (Fsp3) is 0.296. The zero-order valence-electron chi connectivity index (χ0n) is 19.5. The highest BCUT2D eigenvalue weighted by atomic mass is 16.5. The molecule has 1 saturated carbocycles. The minimum Gasteiger partial charge on any atom is -0.497 e. The molecule has 34 heavy (non-hydrogen) atoms. The summed E-state index contributed by atoms with van der Waals surface area (Å²) >= 11 is 0. The molecule has 4 aromatic rings. The zero-order chi connectivity index (χ0) is 23.5. The number of pyridine rings is 2. The molecular weight excluding hydrogens is 428 g/mol. The van der Waals surface area contributed by atoms with E-state index in [0.717, 1.165) is 40.7 Å². The monoisotopic (exact) mass is 456 g/mol. The van der Waals surface area contributed by atoms with E-state index < -0.39 is 0 Å². The van der Waals surface area contributed by atoms with E-state index in [1.807, 2.05) is 47.5 Å². The summed E-state index contributed by atoms with van der Waals surface area (Å²) in [6.45, 7) is 1.37. The van der Waals surface area contributed by atoms with Crippen molar-refractivity contribution in [1.29, 1.82) is 0 Å². The molecule has 1 aliphatic rings. The summed E-state index contributed by atoms with van der Waals surface area (Å²) in [5.41, 5.74) is 4.31. The van der Waals surface area contributed by atoms with Crippen molar-refractivity contribution in [2.45, 2.75) is 19.3 Å². The zero-order valence-corrected chi connectivity index (χ0v) is 19.5. The highest BCUT2D eigenvalue weighted by Crippen LogP contribution is 2.32. The molecule has 7 heteroatoms. The van der Waals surface area contributed by atoms with Gasteiger partial charge in [0.05, 0.1) is 14.2 Å². The van der Waals surface area contributed by atoms with Gasteiger partial charge in [0.15, 0.2) is 0 Å². The first-order valence-corrected chi connectivity index (χ1v) is 11.5. The lowest BCUT2D eigenvalue weighted by molar-refractivity contribution is 0.0744. The first-order valence-electron chi connectivity index (χ1n) is 11.5. The quantitative estimate of drug-likeness (QED) is 0.394. The summed E-state index contributed by atoms with van der Waals surface area (Å²) in [5, 5.41) is 1.13. The van der Waals surface area contributed by atoms with Crippen molar-refractivity contribution >= 4 is 16.8 Å². The fourth-order valence-electron chi connectivity index (χ4n) is 4.25. The van der Waals surface area contributed by atoms with Crippen molar-refractivity contribution in [3.63, 3.8) is 0 Å². The normalized spacial score (nSPS) is 13.1. The van der Waals surface area contributed by atoms with E-state index in [9.17, 15) is 4.79 Å². The maximum Gasteiger partial charge on any atom is 0.273 e. The molecule has 0 atom stereocenters. The molecule has 7 nitrogen and oxygen atoms in total. The van der Waals surface area contributed by atoms with Gasteiger partial charge in [-0.3, -0.25) is 9.78 Å². The van der Waals surface area contributed by atoms with E-state index in [4.69, 9.17) is 9.47 Å². The van der Waals surface area contributed by atoms with Gasteiger partial charge >= 0.3 is 0 Å². The molecular formula is C27H28N4O3. The van der Waals surface area contributed by atoms with E-state index in [-0.39, 0.29) is 5.91 Å². The van der Waals surface area contributed by atoms with Gasteiger partial charge in [-0.1, -0.05) is 6.07 Å². The first kappa shape index (κ1) is 21.9. The molecule has 0 radical (unpaired) electrons. The highest BCUT2D eigenvalue weighted by molar-refractivity contribution is 5.99. The van der Waals surface area contributed by atoms with E-state index in [1.54, 1.807) is 32.7 Å². The SMILES string of the molecule is COc1ccc2[nH]cc(CCN(CC3CC3)C(=O)c3ncccc3-c3ccc(OC)nc3)c2c1. The van der Waals surface area contributed by atoms with Crippen molar-refractivity contribution < 1.29 is 14.3 Å². The Kier molecular flexibility index (Phi) is 6.16. The smallest absolute Gasteiger partial charge is 0.273 e. The number of carbonyl (C=O) groups is 1. The highest BCUT2D eigenvalue weighted by Gasteiger charge is 2.29. The number of nitrogens with zero attached hydrogens (tertiary/aromatic N) is 3. The molecule has 3 aromatic heterocycles. The number of aromatic nitrogens is 3. The van der Waals surface area contributed by atoms with Crippen LogP contribution in [0.3, 0.4) is 0 Å². The molecule has 0 bridgehead atoms. The van der Waals surface area contributed by atoms with Gasteiger partial charge in [0.25, 0.3) is 5.91 Å². The number of rotatable bonds is 9. The Morgan fingerprint density at radius 1 is 1.12 bits per heavy atom. The van der Waals surface area contributed by atoms with Gasteiger partial charge < -0.3 is 19.4 Å². The number of hydrogen-bond donors (Lipinski definition) is 1. The second kappa shape index (κ2) is 9.55. The molecule has 0 unspecified atom stereocenters. The summed E-state index contributed by atoms with van der Waals surface area (Å²) in [5.74, 6) is 1.88. The topological polar surface area (TPSA) is 80.3 Å². The lowest BCUT2D eigenvalue weighted by atomic mass is 10.0. The van der Waals surface area contributed by atoms with Gasteiger partial charge in [0, 0.05) is 59.8 Å². The molecule has 1 N–H and O–H groups in total. The molecule has 1 fully saturated rings. The van der Waals surface area contributed by atoms with Gasteiger partial charge in [0.1, 0.15) is 11.4 Å². The molecule has 0 saturated heterocycles. The average molecular weight is 457 g/mol. The Labute approximate surface area is 198 Å². The van der Waals surface area contributed by atoms with Crippen LogP contribution in [0.15, 0.2) is 61.1 Å². The van der Waals surface area contributed by atoms with Crippen molar-refractivity contribution in [1.82, 2.24) is 19.9 Å². The van der Waals surface area contributed by atoms with Gasteiger partial charge in [-0.2, -0.15) is 0 Å². The second-order valence-electron chi connectivity index (χ2n) is 8.66. The molecule has 1 amide bonds. The maximum atomic E-state index is 13.7. The Bertz CT molecular complexity index is 1290. The third-order valence-electron chi connectivity index (χ3n) is 6.36. The minimum absolute atomic E-state index is 0.0456. The van der Waals surface area contributed by atoms with Gasteiger partial charge in [-0.15, -0.1) is 0 Å². The van der Waals surface area contributed by atoms with E-state index in [1.165, 1.54) is 18.4 Å². The molecule has 1 aliphatic carbocycles. The van der Waals surface area contributed by atoms with Crippen LogP contribution in [-0.2, 0) is 6.42 Å². The van der Waals surface area contributed by atoms with Crippen LogP contribution in [0, 0.1) is 5.92 Å². The number of amides is 1. The predicted octanol–water partition coefficient (Wildman–Crippen LogP) is 4.74. The van der Waals surface area contributed by atoms with Crippen LogP contribution in [0.1, 0.15) is 28.9 Å². The van der Waals surface area contributed by atoms with E-state index >= 15 is 0 Å². The van der Waals surface area contributed by atoms with Crippen molar-refractivity contribution in [3.8, 4) is 22.8 Å². The van der Waals surface area contributed by atoms with E-state index in [0.29, 0.717) is 24.0 Å². The van der Waals surface area contributed by atoms with Crippen LogP contribution < -0.4 is 9.47 Å². The number of hydrogen-bond acceptors (Lipinski definition) is 5.